The van der Waals surface area contributed by atoms with Crippen LogP contribution in [0.4, 0.5) is 0 Å². The summed E-state index contributed by atoms with van der Waals surface area (Å²) in [5.41, 5.74) is 4.39. The molecule has 0 saturated heterocycles. The van der Waals surface area contributed by atoms with Gasteiger partial charge in [-0.05, 0) is 105 Å². The van der Waals surface area contributed by atoms with Crippen LogP contribution in [-0.4, -0.2) is 38.9 Å². The van der Waals surface area contributed by atoms with E-state index in [-0.39, 0.29) is 34.1 Å². The van der Waals surface area contributed by atoms with Crippen LogP contribution in [0, 0.1) is 70.0 Å². The maximum atomic E-state index is 11.8. The Morgan fingerprint density at radius 2 is 1.38 bits per heavy atom. The topological polar surface area (TPSA) is 77.8 Å². The first-order chi connectivity index (χ1) is 22.2. The number of carbonyl (C=O) groups is 1. The van der Waals surface area contributed by atoms with Gasteiger partial charge in [0.1, 0.15) is 11.2 Å². The molecule has 0 spiro atoms. The van der Waals surface area contributed by atoms with E-state index in [0.717, 1.165) is 68.9 Å². The highest BCUT2D eigenvalue weighted by molar-refractivity contribution is 5.92. The molecular weight excluding hydrogens is 580 g/mol. The summed E-state index contributed by atoms with van der Waals surface area (Å²) in [7, 11) is 0. The van der Waals surface area contributed by atoms with E-state index < -0.39 is 11.2 Å². The summed E-state index contributed by atoms with van der Waals surface area (Å²) >= 11 is 0. The van der Waals surface area contributed by atoms with Crippen LogP contribution in [-0.2, 0) is 4.79 Å². The number of aliphatic hydroxyl groups excluding tert-OH is 1. The lowest BCUT2D eigenvalue weighted by Crippen LogP contribution is -2.49. The van der Waals surface area contributed by atoms with Gasteiger partial charge in [0.2, 0.25) is 0 Å². The van der Waals surface area contributed by atoms with Crippen molar-refractivity contribution in [3.8, 4) is 24.7 Å². The molecule has 0 bridgehead atoms. The number of rotatable bonds is 1. The predicted molar refractivity (Wildman–Crippen MR) is 186 cm³/mol. The van der Waals surface area contributed by atoms with Crippen LogP contribution >= 0.6 is 0 Å². The third-order valence-electron chi connectivity index (χ3n) is 15.1. The minimum Gasteiger partial charge on any atom is -0.392 e. The number of allylic oxidation sites excluding steroid dienone is 11. The van der Waals surface area contributed by atoms with Crippen LogP contribution in [0.5, 0.6) is 0 Å². The molecule has 10 atom stereocenters. The Labute approximate surface area is 281 Å². The van der Waals surface area contributed by atoms with Crippen LogP contribution in [0.15, 0.2) is 70.4 Å². The number of hydrogen-bond acceptors (Lipinski definition) is 4. The molecule has 2 saturated carbocycles. The molecule has 0 radical (unpaired) electrons. The van der Waals surface area contributed by atoms with Gasteiger partial charge in [-0.15, -0.1) is 12.8 Å². The first-order valence-electron chi connectivity index (χ1n) is 18.0. The fourth-order valence-corrected chi connectivity index (χ4v) is 11.7. The van der Waals surface area contributed by atoms with Crippen LogP contribution in [0.25, 0.3) is 0 Å². The lowest BCUT2D eigenvalue weighted by molar-refractivity contribution is -0.115. The first kappa shape index (κ1) is 32.6. The summed E-state index contributed by atoms with van der Waals surface area (Å²) in [6.45, 7) is 9.17. The lowest BCUT2D eigenvalue weighted by Gasteiger charge is -2.53. The highest BCUT2D eigenvalue weighted by Gasteiger charge is 2.62. The highest BCUT2D eigenvalue weighted by Crippen LogP contribution is 2.66. The molecule has 0 aromatic heterocycles. The third kappa shape index (κ3) is 4.37. The molecule has 8 aliphatic carbocycles. The lowest BCUT2D eigenvalue weighted by atomic mass is 9.52. The Balaban J connectivity index is 0.000000150. The Bertz CT molecular complexity index is 1670. The molecule has 0 aliphatic heterocycles. The smallest absolute Gasteiger partial charge is 0.156 e. The van der Waals surface area contributed by atoms with Crippen LogP contribution in [0.2, 0.25) is 0 Å². The van der Waals surface area contributed by atoms with Gasteiger partial charge in [-0.1, -0.05) is 87.1 Å². The van der Waals surface area contributed by atoms with Crippen LogP contribution < -0.4 is 0 Å². The maximum absolute atomic E-state index is 11.8. The van der Waals surface area contributed by atoms with E-state index >= 15 is 0 Å². The SMILES string of the molecule is C#C[C@]1(O)CCC2C3C=CC4=CC(=O)CC[C@]4(C)C3=CC[C@@]21C.C#C[C@]1(O)CCC2C3CC=C4C=C(CO)CC[C@]4(C)C3=CC[C@@]21C. The van der Waals surface area contributed by atoms with Gasteiger partial charge in [-0.3, -0.25) is 4.79 Å². The second kappa shape index (κ2) is 10.8. The number of fused-ring (bicyclic) bond motifs is 10. The van der Waals surface area contributed by atoms with E-state index in [2.05, 4.69) is 76.0 Å². The molecule has 248 valence electrons. The Morgan fingerprint density at radius 1 is 0.787 bits per heavy atom. The molecule has 4 nitrogen and oxygen atoms in total. The van der Waals surface area contributed by atoms with E-state index in [1.54, 1.807) is 5.57 Å². The quantitative estimate of drug-likeness (QED) is 0.209. The Kier molecular flexibility index (Phi) is 7.51. The maximum Gasteiger partial charge on any atom is 0.156 e. The molecule has 8 rings (SSSR count). The minimum absolute atomic E-state index is 0.0223. The first-order valence-corrected chi connectivity index (χ1v) is 18.0. The fourth-order valence-electron chi connectivity index (χ4n) is 11.7. The molecule has 2 fully saturated rings. The van der Waals surface area contributed by atoms with Gasteiger partial charge in [-0.25, -0.2) is 0 Å². The summed E-state index contributed by atoms with van der Waals surface area (Å²) < 4.78 is 0. The second-order valence-corrected chi connectivity index (χ2v) is 16.9. The van der Waals surface area contributed by atoms with E-state index in [9.17, 15) is 20.1 Å². The molecule has 4 unspecified atom stereocenters. The molecule has 4 heteroatoms. The summed E-state index contributed by atoms with van der Waals surface area (Å²) in [5.74, 6) is 7.36. The van der Waals surface area contributed by atoms with Gasteiger partial charge in [0, 0.05) is 34.0 Å². The van der Waals surface area contributed by atoms with Gasteiger partial charge in [-0.2, -0.15) is 0 Å². The minimum atomic E-state index is -0.993. The Hall–Kier alpha value is -2.89. The van der Waals surface area contributed by atoms with E-state index in [1.165, 1.54) is 11.1 Å². The van der Waals surface area contributed by atoms with Crippen molar-refractivity contribution in [1.29, 1.82) is 0 Å². The fraction of sp³-hybridized carbons (Fsp3) is 0.605. The number of aliphatic hydroxyl groups is 3. The van der Waals surface area contributed by atoms with Gasteiger partial charge in [0.05, 0.1) is 6.61 Å². The van der Waals surface area contributed by atoms with Crippen molar-refractivity contribution in [2.24, 2.45) is 45.3 Å². The average Bonchev–Trinajstić information content (AvgIpc) is 3.50. The number of ketones is 1. The highest BCUT2D eigenvalue weighted by atomic mass is 16.3. The second-order valence-electron chi connectivity index (χ2n) is 16.9. The standard InChI is InChI=1S/C22H28O2.C21H24O2/c1-4-22(24)12-9-19-17-6-5-16-13-15(14-23)7-10-20(16,2)18(17)8-11-21(19,22)3;1-4-21(23)12-9-18-16-6-5-14-13-15(22)7-10-19(14,2)17(16)8-11-20(18,21)3/h1,5,8,13,17,19,23-24H,6-7,9-12,14H2,2-3H3;1,5-6,8,13,16,18,23H,7,9-12H2,2-3H3/t17?,19?,20-,21-,22-;16?,18?,19-,20-,21-/m00/s1. The predicted octanol–water partition coefficient (Wildman–Crippen LogP) is 7.34. The van der Waals surface area contributed by atoms with Crippen molar-refractivity contribution in [3.05, 3.63) is 70.4 Å². The summed E-state index contributed by atoms with van der Waals surface area (Å²) in [4.78, 5) is 11.8. The zero-order chi connectivity index (χ0) is 33.6. The summed E-state index contributed by atoms with van der Waals surface area (Å²) in [6.07, 6.45) is 36.7. The normalized spacial score (nSPS) is 47.3. The molecule has 8 aliphatic rings. The van der Waals surface area contributed by atoms with Gasteiger partial charge < -0.3 is 15.3 Å². The van der Waals surface area contributed by atoms with Crippen molar-refractivity contribution >= 4 is 5.78 Å². The average molecular weight is 633 g/mol. The van der Waals surface area contributed by atoms with Crippen LogP contribution in [0.3, 0.4) is 0 Å². The zero-order valence-electron chi connectivity index (χ0n) is 28.7. The largest absolute Gasteiger partial charge is 0.392 e. The zero-order valence-corrected chi connectivity index (χ0v) is 28.7. The molecule has 0 heterocycles. The Morgan fingerprint density at radius 3 is 2.04 bits per heavy atom. The number of carbonyl (C=O) groups excluding carboxylic acids is 1. The summed E-state index contributed by atoms with van der Waals surface area (Å²) in [6, 6.07) is 0. The summed E-state index contributed by atoms with van der Waals surface area (Å²) in [5, 5.41) is 31.4. The van der Waals surface area contributed by atoms with E-state index in [1.807, 2.05) is 6.08 Å². The number of hydrogen-bond donors (Lipinski definition) is 3. The molecule has 0 aromatic carbocycles. The number of terminal acetylenes is 2. The third-order valence-corrected chi connectivity index (χ3v) is 15.1. The molecule has 47 heavy (non-hydrogen) atoms. The van der Waals surface area contributed by atoms with E-state index in [4.69, 9.17) is 12.8 Å². The van der Waals surface area contributed by atoms with Crippen molar-refractivity contribution in [2.45, 2.75) is 110 Å². The van der Waals surface area contributed by atoms with Crippen LogP contribution in [0.1, 0.15) is 98.3 Å². The van der Waals surface area contributed by atoms with Crippen molar-refractivity contribution in [3.63, 3.8) is 0 Å². The van der Waals surface area contributed by atoms with Crippen molar-refractivity contribution < 1.29 is 20.1 Å². The van der Waals surface area contributed by atoms with Crippen molar-refractivity contribution in [2.75, 3.05) is 6.61 Å². The molecule has 3 N–H and O–H groups in total. The monoisotopic (exact) mass is 632 g/mol. The molecule has 0 amide bonds. The van der Waals surface area contributed by atoms with E-state index in [0.29, 0.717) is 36.5 Å². The van der Waals surface area contributed by atoms with Gasteiger partial charge in [0.15, 0.2) is 5.78 Å². The molecular formula is C43H52O4. The van der Waals surface area contributed by atoms with Gasteiger partial charge in [0.25, 0.3) is 0 Å². The van der Waals surface area contributed by atoms with Gasteiger partial charge >= 0.3 is 0 Å². The van der Waals surface area contributed by atoms with Crippen molar-refractivity contribution in [1.82, 2.24) is 0 Å². The molecule has 0 aromatic rings.